The summed E-state index contributed by atoms with van der Waals surface area (Å²) in [5, 5.41) is 5.42. The maximum atomic E-state index is 2.43. The van der Waals surface area contributed by atoms with Gasteiger partial charge in [0.2, 0.25) is 0 Å². The Morgan fingerprint density at radius 1 is 0.381 bits per heavy atom. The molecule has 1 aromatic heterocycles. The molecule has 0 saturated carbocycles. The van der Waals surface area contributed by atoms with Crippen LogP contribution in [-0.2, 0) is 0 Å². The van der Waals surface area contributed by atoms with E-state index in [2.05, 4.69) is 169 Å². The molecule has 0 radical (unpaired) electrons. The van der Waals surface area contributed by atoms with Crippen molar-refractivity contribution in [3.63, 3.8) is 0 Å². The topological polar surface area (TPSA) is 3.24 Å². The molecule has 0 saturated heterocycles. The molecule has 8 aromatic rings. The molecule has 2 heteroatoms. The number of nitrogens with zero attached hydrogens (tertiary/aromatic N) is 1. The predicted molar refractivity (Wildman–Crippen MR) is 181 cm³/mol. The van der Waals surface area contributed by atoms with E-state index in [-0.39, 0.29) is 14.5 Å². The van der Waals surface area contributed by atoms with E-state index in [0.29, 0.717) is 0 Å². The third-order valence-electron chi connectivity index (χ3n) is 8.07. The Morgan fingerprint density at radius 2 is 0.929 bits per heavy atom. The van der Waals surface area contributed by atoms with Crippen molar-refractivity contribution >= 4 is 61.6 Å². The monoisotopic (exact) mass is 601 g/mol. The van der Waals surface area contributed by atoms with Crippen LogP contribution in [0.2, 0.25) is 0 Å². The van der Waals surface area contributed by atoms with Crippen molar-refractivity contribution in [1.29, 1.82) is 0 Å². The maximum absolute atomic E-state index is 2.43. The Balaban J connectivity index is 1.33. The van der Waals surface area contributed by atoms with E-state index < -0.39 is 0 Å². The molecule has 0 spiro atoms. The van der Waals surface area contributed by atoms with E-state index in [1.807, 2.05) is 0 Å². The number of rotatable bonds is 5. The second-order valence-corrected chi connectivity index (χ2v) is 12.8. The number of benzene rings is 7. The van der Waals surface area contributed by atoms with Gasteiger partial charge in [-0.15, -0.1) is 0 Å². The van der Waals surface area contributed by atoms with Crippen LogP contribution in [0.4, 0.5) is 17.1 Å². The molecular weight excluding hydrogens is 573 g/mol. The summed E-state index contributed by atoms with van der Waals surface area (Å²) in [6, 6.07) is 59.5. The van der Waals surface area contributed by atoms with Gasteiger partial charge >= 0.3 is 253 Å². The van der Waals surface area contributed by atoms with E-state index in [4.69, 9.17) is 0 Å². The Labute approximate surface area is 251 Å². The molecule has 0 aliphatic rings. The van der Waals surface area contributed by atoms with Gasteiger partial charge in [0.05, 0.1) is 0 Å². The van der Waals surface area contributed by atoms with Gasteiger partial charge in [-0.2, -0.15) is 0 Å². The van der Waals surface area contributed by atoms with Crippen molar-refractivity contribution in [2.75, 3.05) is 4.90 Å². The van der Waals surface area contributed by atoms with E-state index in [1.165, 1.54) is 58.0 Å². The standard InChI is InChI=1S/C40H27NSe/c1-3-10-28(11-4-1)30-18-23-33(24-19-30)41(34-25-20-31(21-26-34)29-12-5-2-6-13-29)37-16-9-17-38-39(37)36-27-22-32-14-7-8-15-35(32)40(36)42-38/h1-27H. The molecule has 0 amide bonds. The first kappa shape index (κ1) is 24.9. The van der Waals surface area contributed by atoms with Crippen LogP contribution in [-0.4, -0.2) is 14.5 Å². The third kappa shape index (κ3) is 4.33. The number of hydrogen-bond donors (Lipinski definition) is 0. The second kappa shape index (κ2) is 10.5. The van der Waals surface area contributed by atoms with Crippen LogP contribution in [0.3, 0.4) is 0 Å². The minimum atomic E-state index is 0.252. The first-order valence-corrected chi connectivity index (χ1v) is 16.0. The van der Waals surface area contributed by atoms with Gasteiger partial charge in [-0.05, 0) is 0 Å². The number of anilines is 3. The fraction of sp³-hybridized carbons (Fsp3) is 0. The number of fused-ring (bicyclic) bond motifs is 5. The van der Waals surface area contributed by atoms with Crippen LogP contribution in [0.5, 0.6) is 0 Å². The predicted octanol–water partition coefficient (Wildman–Crippen LogP) is 11.0. The molecule has 0 fully saturated rings. The van der Waals surface area contributed by atoms with Crippen LogP contribution in [0.1, 0.15) is 0 Å². The van der Waals surface area contributed by atoms with Crippen LogP contribution >= 0.6 is 0 Å². The van der Waals surface area contributed by atoms with Gasteiger partial charge in [-0.1, -0.05) is 0 Å². The van der Waals surface area contributed by atoms with Crippen LogP contribution in [0.15, 0.2) is 164 Å². The van der Waals surface area contributed by atoms with E-state index in [0.717, 1.165) is 11.4 Å². The molecule has 0 N–H and O–H groups in total. The summed E-state index contributed by atoms with van der Waals surface area (Å²) in [5.41, 5.74) is 8.42. The summed E-state index contributed by atoms with van der Waals surface area (Å²) in [4.78, 5) is 2.43. The zero-order chi connectivity index (χ0) is 27.9. The van der Waals surface area contributed by atoms with Gasteiger partial charge in [-0.25, -0.2) is 0 Å². The molecule has 198 valence electrons. The van der Waals surface area contributed by atoms with Gasteiger partial charge in [0.25, 0.3) is 0 Å². The molecule has 7 aromatic carbocycles. The molecular formula is C40H27NSe. The molecule has 0 aliphatic carbocycles. The summed E-state index contributed by atoms with van der Waals surface area (Å²) in [6.45, 7) is 0. The fourth-order valence-corrected chi connectivity index (χ4v) is 8.66. The summed E-state index contributed by atoms with van der Waals surface area (Å²) >= 11 is 0.252. The normalized spacial score (nSPS) is 11.3. The van der Waals surface area contributed by atoms with Crippen molar-refractivity contribution in [2.45, 2.75) is 0 Å². The zero-order valence-corrected chi connectivity index (χ0v) is 24.7. The zero-order valence-electron chi connectivity index (χ0n) is 22.9. The second-order valence-electron chi connectivity index (χ2n) is 10.6. The molecule has 1 nitrogen and oxygen atoms in total. The average Bonchev–Trinajstić information content (AvgIpc) is 3.47. The SMILES string of the molecule is c1ccc(-c2ccc(N(c3ccc(-c4ccccc4)cc3)c3cccc4[se]c5c6ccccc6ccc5c34)cc2)cc1. The fourth-order valence-electron chi connectivity index (χ4n) is 6.02. The third-order valence-corrected chi connectivity index (χ3v) is 10.6. The van der Waals surface area contributed by atoms with Crippen molar-refractivity contribution in [1.82, 2.24) is 0 Å². The van der Waals surface area contributed by atoms with Gasteiger partial charge in [0.15, 0.2) is 0 Å². The molecule has 0 unspecified atom stereocenters. The molecule has 0 atom stereocenters. The Morgan fingerprint density at radius 3 is 1.55 bits per heavy atom. The first-order chi connectivity index (χ1) is 20.8. The van der Waals surface area contributed by atoms with Gasteiger partial charge in [0.1, 0.15) is 0 Å². The summed E-state index contributed by atoms with van der Waals surface area (Å²) in [5.74, 6) is 0. The van der Waals surface area contributed by atoms with E-state index in [9.17, 15) is 0 Å². The van der Waals surface area contributed by atoms with Crippen molar-refractivity contribution in [2.24, 2.45) is 0 Å². The van der Waals surface area contributed by atoms with Crippen LogP contribution < -0.4 is 4.90 Å². The average molecular weight is 601 g/mol. The minimum absolute atomic E-state index is 0.252. The van der Waals surface area contributed by atoms with Crippen LogP contribution in [0.25, 0.3) is 52.3 Å². The van der Waals surface area contributed by atoms with Gasteiger partial charge in [0, 0.05) is 0 Å². The van der Waals surface area contributed by atoms with Crippen LogP contribution in [0, 0.1) is 0 Å². The van der Waals surface area contributed by atoms with Gasteiger partial charge < -0.3 is 0 Å². The molecule has 8 rings (SSSR count). The van der Waals surface area contributed by atoms with E-state index in [1.54, 1.807) is 0 Å². The molecule has 1 heterocycles. The Hall–Kier alpha value is -4.88. The molecule has 0 aliphatic heterocycles. The molecule has 42 heavy (non-hydrogen) atoms. The summed E-state index contributed by atoms with van der Waals surface area (Å²) in [7, 11) is 0. The van der Waals surface area contributed by atoms with Gasteiger partial charge in [-0.3, -0.25) is 0 Å². The van der Waals surface area contributed by atoms with Crippen molar-refractivity contribution in [3.05, 3.63) is 164 Å². The molecule has 0 bridgehead atoms. The van der Waals surface area contributed by atoms with E-state index >= 15 is 0 Å². The van der Waals surface area contributed by atoms with Crippen molar-refractivity contribution in [3.8, 4) is 22.3 Å². The quantitative estimate of drug-likeness (QED) is 0.178. The Kier molecular flexibility index (Phi) is 6.22. The van der Waals surface area contributed by atoms with Crippen molar-refractivity contribution < 1.29 is 0 Å². The Bertz CT molecular complexity index is 2080. The summed E-state index contributed by atoms with van der Waals surface area (Å²) in [6.07, 6.45) is 0. The summed E-state index contributed by atoms with van der Waals surface area (Å²) < 4.78 is 2.93. The first-order valence-electron chi connectivity index (χ1n) is 14.3. The number of hydrogen-bond acceptors (Lipinski definition) is 1.